The summed E-state index contributed by atoms with van der Waals surface area (Å²) in [6.07, 6.45) is 7.76. The topological polar surface area (TPSA) is 100 Å². The molecule has 0 aromatic carbocycles. The lowest BCUT2D eigenvalue weighted by Gasteiger charge is -2.05. The second kappa shape index (κ2) is 7.78. The molecule has 2 heterocycles. The number of nitrogens with zero attached hydrogens (tertiary/aromatic N) is 3. The van der Waals surface area contributed by atoms with E-state index in [2.05, 4.69) is 20.1 Å². The van der Waals surface area contributed by atoms with E-state index in [9.17, 15) is 4.79 Å². The number of aliphatic carboxylic acids is 1. The van der Waals surface area contributed by atoms with Crippen LogP contribution in [-0.4, -0.2) is 38.3 Å². The molecule has 2 rings (SSSR count). The Balaban J connectivity index is 2.00. The number of carboxylic acid groups (broad SMARTS) is 1. The molecule has 2 aromatic heterocycles. The summed E-state index contributed by atoms with van der Waals surface area (Å²) in [5, 5.41) is 12.6. The molecule has 0 fully saturated rings. The van der Waals surface area contributed by atoms with E-state index in [-0.39, 0.29) is 13.0 Å². The summed E-state index contributed by atoms with van der Waals surface area (Å²) in [6, 6.07) is 3.70. The van der Waals surface area contributed by atoms with E-state index in [0.717, 1.165) is 11.4 Å². The van der Waals surface area contributed by atoms with E-state index in [0.29, 0.717) is 18.6 Å². The fraction of sp³-hybridized carbons (Fsp3) is 0.286. The molecular weight excluding hydrogens is 272 g/mol. The molecule has 0 spiro atoms. The molecule has 21 heavy (non-hydrogen) atoms. The van der Waals surface area contributed by atoms with Crippen LogP contribution in [0.1, 0.15) is 24.2 Å². The van der Waals surface area contributed by atoms with Crippen LogP contribution in [0.4, 0.5) is 0 Å². The van der Waals surface area contributed by atoms with Gasteiger partial charge in [0.1, 0.15) is 12.4 Å². The highest BCUT2D eigenvalue weighted by molar-refractivity contribution is 6.00. The molecule has 0 amide bonds. The third-order valence-electron chi connectivity index (χ3n) is 2.69. The van der Waals surface area contributed by atoms with E-state index in [1.807, 2.05) is 12.1 Å². The normalized spacial score (nSPS) is 11.3. The lowest BCUT2D eigenvalue weighted by molar-refractivity contribution is -0.137. The standard InChI is InChI=1S/C14H16N4O3/c19-14(20)4-2-8-21-18-12(9-13-16-6-7-17-13)11-3-1-5-15-10-11/h1,3,5-7,10H,2,4,8-9H2,(H,16,17)(H,19,20). The van der Waals surface area contributed by atoms with Gasteiger partial charge < -0.3 is 14.9 Å². The molecule has 0 aliphatic rings. The van der Waals surface area contributed by atoms with Crippen LogP contribution >= 0.6 is 0 Å². The van der Waals surface area contributed by atoms with Crippen molar-refractivity contribution in [3.8, 4) is 0 Å². The number of aromatic amines is 1. The number of carbonyl (C=O) groups is 1. The number of nitrogens with one attached hydrogen (secondary N) is 1. The average Bonchev–Trinajstić information content (AvgIpc) is 2.99. The van der Waals surface area contributed by atoms with Gasteiger partial charge in [0.2, 0.25) is 0 Å². The SMILES string of the molecule is O=C(O)CCCON=C(Cc1ncc[nH]1)c1cccnc1. The molecule has 0 aliphatic heterocycles. The van der Waals surface area contributed by atoms with Crippen molar-refractivity contribution in [3.05, 3.63) is 48.3 Å². The summed E-state index contributed by atoms with van der Waals surface area (Å²) < 4.78 is 0. The molecule has 2 N–H and O–H groups in total. The van der Waals surface area contributed by atoms with E-state index in [1.54, 1.807) is 24.8 Å². The Morgan fingerprint density at radius 3 is 3.00 bits per heavy atom. The number of rotatable bonds is 8. The van der Waals surface area contributed by atoms with Crippen molar-refractivity contribution in [2.24, 2.45) is 5.16 Å². The molecule has 0 bridgehead atoms. The average molecular weight is 288 g/mol. The Morgan fingerprint density at radius 1 is 1.43 bits per heavy atom. The Hall–Kier alpha value is -2.70. The lowest BCUT2D eigenvalue weighted by atomic mass is 10.1. The molecule has 0 radical (unpaired) electrons. The maximum Gasteiger partial charge on any atom is 0.303 e. The third kappa shape index (κ3) is 5.06. The van der Waals surface area contributed by atoms with Gasteiger partial charge in [-0.2, -0.15) is 0 Å². The molecule has 7 heteroatoms. The lowest BCUT2D eigenvalue weighted by Crippen LogP contribution is -2.08. The van der Waals surface area contributed by atoms with Crippen LogP contribution in [0.5, 0.6) is 0 Å². The van der Waals surface area contributed by atoms with Gasteiger partial charge in [-0.25, -0.2) is 4.98 Å². The van der Waals surface area contributed by atoms with E-state index < -0.39 is 5.97 Å². The predicted molar refractivity (Wildman–Crippen MR) is 75.9 cm³/mol. The molecular formula is C14H16N4O3. The van der Waals surface area contributed by atoms with Crippen molar-refractivity contribution in [3.63, 3.8) is 0 Å². The smallest absolute Gasteiger partial charge is 0.303 e. The fourth-order valence-electron chi connectivity index (χ4n) is 1.69. The Labute approximate surface area is 121 Å². The van der Waals surface area contributed by atoms with Gasteiger partial charge in [0.05, 0.1) is 12.1 Å². The maximum absolute atomic E-state index is 10.4. The van der Waals surface area contributed by atoms with Gasteiger partial charge in [0.25, 0.3) is 0 Å². The van der Waals surface area contributed by atoms with Crippen LogP contribution in [0.15, 0.2) is 42.1 Å². The third-order valence-corrected chi connectivity index (χ3v) is 2.69. The molecule has 0 saturated heterocycles. The number of hydrogen-bond acceptors (Lipinski definition) is 5. The van der Waals surface area contributed by atoms with Gasteiger partial charge in [-0.05, 0) is 18.6 Å². The quantitative estimate of drug-likeness (QED) is 0.437. The molecule has 0 unspecified atom stereocenters. The minimum atomic E-state index is -0.842. The highest BCUT2D eigenvalue weighted by atomic mass is 16.6. The molecule has 0 aliphatic carbocycles. The summed E-state index contributed by atoms with van der Waals surface area (Å²) in [5.74, 6) is -0.0719. The van der Waals surface area contributed by atoms with Crippen LogP contribution < -0.4 is 0 Å². The van der Waals surface area contributed by atoms with Gasteiger partial charge in [-0.1, -0.05) is 5.16 Å². The minimum absolute atomic E-state index is 0.0654. The Bertz CT molecular complexity index is 582. The zero-order valence-electron chi connectivity index (χ0n) is 11.4. The van der Waals surface area contributed by atoms with Crippen LogP contribution in [0, 0.1) is 0 Å². The number of hydrogen-bond donors (Lipinski definition) is 2. The van der Waals surface area contributed by atoms with E-state index >= 15 is 0 Å². The van der Waals surface area contributed by atoms with Crippen LogP contribution in [0.2, 0.25) is 0 Å². The van der Waals surface area contributed by atoms with Gasteiger partial charge in [0.15, 0.2) is 0 Å². The number of pyridine rings is 1. The van der Waals surface area contributed by atoms with Crippen LogP contribution in [-0.2, 0) is 16.1 Å². The van der Waals surface area contributed by atoms with Crippen molar-refractivity contribution in [2.75, 3.05) is 6.61 Å². The van der Waals surface area contributed by atoms with Crippen molar-refractivity contribution in [1.82, 2.24) is 15.0 Å². The van der Waals surface area contributed by atoms with Crippen LogP contribution in [0.3, 0.4) is 0 Å². The van der Waals surface area contributed by atoms with Gasteiger partial charge in [-0.15, -0.1) is 0 Å². The summed E-state index contributed by atoms with van der Waals surface area (Å²) in [5.41, 5.74) is 1.53. The minimum Gasteiger partial charge on any atom is -0.481 e. The number of aromatic nitrogens is 3. The first-order valence-electron chi connectivity index (χ1n) is 6.55. The van der Waals surface area contributed by atoms with Crippen molar-refractivity contribution >= 4 is 11.7 Å². The first-order chi connectivity index (χ1) is 10.3. The van der Waals surface area contributed by atoms with Crippen molar-refractivity contribution < 1.29 is 14.7 Å². The van der Waals surface area contributed by atoms with E-state index in [4.69, 9.17) is 9.94 Å². The largest absolute Gasteiger partial charge is 0.481 e. The summed E-state index contributed by atoms with van der Waals surface area (Å²) in [4.78, 5) is 26.8. The number of H-pyrrole nitrogens is 1. The van der Waals surface area contributed by atoms with Crippen molar-refractivity contribution in [2.45, 2.75) is 19.3 Å². The summed E-state index contributed by atoms with van der Waals surface area (Å²) in [6.45, 7) is 0.258. The molecule has 7 nitrogen and oxygen atoms in total. The number of oxime groups is 1. The van der Waals surface area contributed by atoms with Gasteiger partial charge >= 0.3 is 5.97 Å². The zero-order chi connectivity index (χ0) is 14.9. The zero-order valence-corrected chi connectivity index (χ0v) is 11.4. The van der Waals surface area contributed by atoms with Crippen LogP contribution in [0.25, 0.3) is 0 Å². The first-order valence-corrected chi connectivity index (χ1v) is 6.55. The monoisotopic (exact) mass is 288 g/mol. The fourth-order valence-corrected chi connectivity index (χ4v) is 1.69. The van der Waals surface area contributed by atoms with Gasteiger partial charge in [0, 0.05) is 36.8 Å². The Morgan fingerprint density at radius 2 is 2.33 bits per heavy atom. The first kappa shape index (κ1) is 14.7. The summed E-state index contributed by atoms with van der Waals surface area (Å²) in [7, 11) is 0. The van der Waals surface area contributed by atoms with Gasteiger partial charge in [-0.3, -0.25) is 9.78 Å². The number of imidazole rings is 1. The predicted octanol–water partition coefficient (Wildman–Crippen LogP) is 1.63. The van der Waals surface area contributed by atoms with E-state index in [1.165, 1.54) is 0 Å². The molecule has 110 valence electrons. The highest BCUT2D eigenvalue weighted by Crippen LogP contribution is 2.05. The summed E-state index contributed by atoms with van der Waals surface area (Å²) >= 11 is 0. The Kier molecular flexibility index (Phi) is 5.45. The molecule has 0 saturated carbocycles. The van der Waals surface area contributed by atoms with Crippen molar-refractivity contribution in [1.29, 1.82) is 0 Å². The highest BCUT2D eigenvalue weighted by Gasteiger charge is 2.08. The molecule has 0 atom stereocenters. The maximum atomic E-state index is 10.4. The molecule has 2 aromatic rings. The second-order valence-electron chi connectivity index (χ2n) is 4.32. The second-order valence-corrected chi connectivity index (χ2v) is 4.32. The number of carboxylic acids is 1.